The molecular weight excluding hydrogens is 234 g/mol. The predicted octanol–water partition coefficient (Wildman–Crippen LogP) is 3.28. The molecule has 0 radical (unpaired) electrons. The fourth-order valence-corrected chi connectivity index (χ4v) is 1.95. The van der Waals surface area contributed by atoms with Crippen LogP contribution in [0.4, 0.5) is 0 Å². The van der Waals surface area contributed by atoms with Gasteiger partial charge in [0.15, 0.2) is 0 Å². The van der Waals surface area contributed by atoms with E-state index in [0.29, 0.717) is 6.42 Å². The smallest absolute Gasteiger partial charge is 0.137 e. The van der Waals surface area contributed by atoms with Gasteiger partial charge >= 0.3 is 0 Å². The molecule has 0 atom stereocenters. The summed E-state index contributed by atoms with van der Waals surface area (Å²) in [6, 6.07) is 7.83. The van der Waals surface area contributed by atoms with E-state index in [4.69, 9.17) is 11.6 Å². The summed E-state index contributed by atoms with van der Waals surface area (Å²) in [7, 11) is 0. The van der Waals surface area contributed by atoms with Crippen molar-refractivity contribution in [2.24, 2.45) is 0 Å². The lowest BCUT2D eigenvalue weighted by atomic mass is 10.1. The molecule has 2 aromatic rings. The van der Waals surface area contributed by atoms with E-state index in [1.54, 1.807) is 6.33 Å². The van der Waals surface area contributed by atoms with Gasteiger partial charge in [0.05, 0.1) is 0 Å². The Hall–Kier alpha value is -1.35. The summed E-state index contributed by atoms with van der Waals surface area (Å²) < 4.78 is 2.08. The maximum Gasteiger partial charge on any atom is 0.137 e. The minimum atomic E-state index is -0.0138. The molecular formula is C13H16ClN3. The van der Waals surface area contributed by atoms with Crippen LogP contribution in [-0.4, -0.2) is 14.8 Å². The lowest BCUT2D eigenvalue weighted by Gasteiger charge is -2.22. The Morgan fingerprint density at radius 2 is 1.94 bits per heavy atom. The van der Waals surface area contributed by atoms with E-state index in [1.807, 2.05) is 24.3 Å². The maximum absolute atomic E-state index is 6.15. The predicted molar refractivity (Wildman–Crippen MR) is 69.3 cm³/mol. The van der Waals surface area contributed by atoms with Crippen molar-refractivity contribution in [1.29, 1.82) is 0 Å². The van der Waals surface area contributed by atoms with Crippen molar-refractivity contribution >= 4 is 11.6 Å². The van der Waals surface area contributed by atoms with Crippen molar-refractivity contribution < 1.29 is 0 Å². The van der Waals surface area contributed by atoms with Crippen LogP contribution in [0, 0.1) is 0 Å². The molecule has 0 bridgehead atoms. The average Bonchev–Trinajstić information content (AvgIpc) is 2.69. The van der Waals surface area contributed by atoms with Crippen LogP contribution in [0.15, 0.2) is 30.6 Å². The number of halogens is 1. The highest BCUT2D eigenvalue weighted by atomic mass is 35.5. The van der Waals surface area contributed by atoms with Crippen LogP contribution < -0.4 is 0 Å². The van der Waals surface area contributed by atoms with E-state index in [9.17, 15) is 0 Å². The molecule has 2 rings (SSSR count). The molecule has 90 valence electrons. The molecule has 1 heterocycles. The normalized spacial score (nSPS) is 11.8. The van der Waals surface area contributed by atoms with E-state index in [1.165, 1.54) is 0 Å². The fourth-order valence-electron chi connectivity index (χ4n) is 1.75. The van der Waals surface area contributed by atoms with E-state index >= 15 is 0 Å². The molecule has 0 saturated carbocycles. The number of rotatable bonds is 2. The molecule has 17 heavy (non-hydrogen) atoms. The van der Waals surface area contributed by atoms with Crippen LogP contribution in [0.3, 0.4) is 0 Å². The van der Waals surface area contributed by atoms with Crippen LogP contribution >= 0.6 is 11.6 Å². The third-order valence-electron chi connectivity index (χ3n) is 2.65. The van der Waals surface area contributed by atoms with E-state index < -0.39 is 0 Å². The van der Waals surface area contributed by atoms with Gasteiger partial charge in [-0.15, -0.1) is 10.2 Å². The van der Waals surface area contributed by atoms with Crippen molar-refractivity contribution in [2.75, 3.05) is 0 Å². The zero-order valence-electron chi connectivity index (χ0n) is 10.3. The Balaban J connectivity index is 2.32. The zero-order chi connectivity index (χ0) is 12.5. The SMILES string of the molecule is CC(C)(C)n1cnnc1Cc1ccccc1Cl. The minimum absolute atomic E-state index is 0.0138. The molecule has 0 amide bonds. The molecule has 0 fully saturated rings. The molecule has 0 aliphatic carbocycles. The van der Waals surface area contributed by atoms with Crippen molar-refractivity contribution in [3.8, 4) is 0 Å². The second-order valence-corrected chi connectivity index (χ2v) is 5.46. The van der Waals surface area contributed by atoms with E-state index in [0.717, 1.165) is 16.4 Å². The van der Waals surface area contributed by atoms with Crippen molar-refractivity contribution in [2.45, 2.75) is 32.7 Å². The van der Waals surface area contributed by atoms with Crippen LogP contribution in [0.2, 0.25) is 5.02 Å². The lowest BCUT2D eigenvalue weighted by Crippen LogP contribution is -2.23. The molecule has 0 aliphatic rings. The first kappa shape index (κ1) is 12.1. The summed E-state index contributed by atoms with van der Waals surface area (Å²) >= 11 is 6.15. The first-order valence-corrected chi connectivity index (χ1v) is 5.99. The van der Waals surface area contributed by atoms with Gasteiger partial charge in [0.25, 0.3) is 0 Å². The fraction of sp³-hybridized carbons (Fsp3) is 0.385. The quantitative estimate of drug-likeness (QED) is 0.818. The molecule has 3 nitrogen and oxygen atoms in total. The Kier molecular flexibility index (Phi) is 3.20. The Labute approximate surface area is 106 Å². The molecule has 0 spiro atoms. The van der Waals surface area contributed by atoms with Gasteiger partial charge in [-0.1, -0.05) is 29.8 Å². The van der Waals surface area contributed by atoms with Crippen molar-refractivity contribution in [3.05, 3.63) is 47.0 Å². The molecule has 1 aromatic carbocycles. The topological polar surface area (TPSA) is 30.7 Å². The first-order chi connectivity index (χ1) is 7.98. The summed E-state index contributed by atoms with van der Waals surface area (Å²) in [5, 5.41) is 8.93. The second kappa shape index (κ2) is 4.49. The van der Waals surface area contributed by atoms with Gasteiger partial charge < -0.3 is 4.57 Å². The lowest BCUT2D eigenvalue weighted by molar-refractivity contribution is 0.384. The van der Waals surface area contributed by atoms with E-state index in [-0.39, 0.29) is 5.54 Å². The van der Waals surface area contributed by atoms with Crippen LogP contribution in [-0.2, 0) is 12.0 Å². The Morgan fingerprint density at radius 3 is 2.59 bits per heavy atom. The summed E-state index contributed by atoms with van der Waals surface area (Å²) in [5.74, 6) is 0.936. The molecule has 0 N–H and O–H groups in total. The van der Waals surface area contributed by atoms with Crippen molar-refractivity contribution in [3.63, 3.8) is 0 Å². The van der Waals surface area contributed by atoms with Crippen LogP contribution in [0.25, 0.3) is 0 Å². The highest BCUT2D eigenvalue weighted by Crippen LogP contribution is 2.21. The molecule has 1 aromatic heterocycles. The largest absolute Gasteiger partial charge is 0.312 e. The number of benzene rings is 1. The molecule has 0 unspecified atom stereocenters. The van der Waals surface area contributed by atoms with Gasteiger partial charge in [-0.3, -0.25) is 0 Å². The number of hydrogen-bond donors (Lipinski definition) is 0. The summed E-state index contributed by atoms with van der Waals surface area (Å²) in [4.78, 5) is 0. The molecule has 0 saturated heterocycles. The minimum Gasteiger partial charge on any atom is -0.312 e. The highest BCUT2D eigenvalue weighted by Gasteiger charge is 2.18. The Morgan fingerprint density at radius 1 is 1.24 bits per heavy atom. The first-order valence-electron chi connectivity index (χ1n) is 5.61. The summed E-state index contributed by atoms with van der Waals surface area (Å²) in [6.45, 7) is 6.39. The van der Waals surface area contributed by atoms with Gasteiger partial charge in [0.2, 0.25) is 0 Å². The maximum atomic E-state index is 6.15. The monoisotopic (exact) mass is 249 g/mol. The molecule has 4 heteroatoms. The zero-order valence-corrected chi connectivity index (χ0v) is 11.1. The van der Waals surface area contributed by atoms with Gasteiger partial charge in [-0.25, -0.2) is 0 Å². The Bertz CT molecular complexity index is 511. The van der Waals surface area contributed by atoms with Crippen LogP contribution in [0.5, 0.6) is 0 Å². The van der Waals surface area contributed by atoms with Gasteiger partial charge in [0.1, 0.15) is 12.2 Å². The third kappa shape index (κ3) is 2.67. The number of nitrogens with zero attached hydrogens (tertiary/aromatic N) is 3. The van der Waals surface area contributed by atoms with E-state index in [2.05, 4.69) is 35.5 Å². The van der Waals surface area contributed by atoms with Crippen molar-refractivity contribution in [1.82, 2.24) is 14.8 Å². The van der Waals surface area contributed by atoms with Gasteiger partial charge in [-0.05, 0) is 32.4 Å². The third-order valence-corrected chi connectivity index (χ3v) is 3.02. The number of hydrogen-bond acceptors (Lipinski definition) is 2. The molecule has 0 aliphatic heterocycles. The average molecular weight is 250 g/mol. The number of aromatic nitrogens is 3. The van der Waals surface area contributed by atoms with Crippen LogP contribution in [0.1, 0.15) is 32.2 Å². The second-order valence-electron chi connectivity index (χ2n) is 5.06. The summed E-state index contributed by atoms with van der Waals surface area (Å²) in [6.07, 6.45) is 2.48. The standard InChI is InChI=1S/C13H16ClN3/c1-13(2,3)17-9-15-16-12(17)8-10-6-4-5-7-11(10)14/h4-7,9H,8H2,1-3H3. The summed E-state index contributed by atoms with van der Waals surface area (Å²) in [5.41, 5.74) is 1.06. The van der Waals surface area contributed by atoms with Gasteiger partial charge in [-0.2, -0.15) is 0 Å². The van der Waals surface area contributed by atoms with Gasteiger partial charge in [0, 0.05) is 17.0 Å². The highest BCUT2D eigenvalue weighted by molar-refractivity contribution is 6.31.